The van der Waals surface area contributed by atoms with Crippen molar-refractivity contribution < 1.29 is 0 Å². The lowest BCUT2D eigenvalue weighted by atomic mass is 10.1. The molecule has 1 aromatic heterocycles. The molecule has 0 radical (unpaired) electrons. The Balaban J connectivity index is 2.02. The van der Waals surface area contributed by atoms with Gasteiger partial charge in [-0.05, 0) is 31.6 Å². The molecule has 0 aliphatic rings. The van der Waals surface area contributed by atoms with Crippen molar-refractivity contribution in [1.82, 2.24) is 9.58 Å². The van der Waals surface area contributed by atoms with Gasteiger partial charge in [-0.2, -0.15) is 0 Å². The third-order valence-electron chi connectivity index (χ3n) is 4.48. The highest BCUT2D eigenvalue weighted by Crippen LogP contribution is 2.30. The van der Waals surface area contributed by atoms with Gasteiger partial charge in [0.25, 0.3) is 0 Å². The summed E-state index contributed by atoms with van der Waals surface area (Å²) in [5.41, 5.74) is 7.35. The number of rotatable bonds is 6. The molecule has 3 aromatic rings. The van der Waals surface area contributed by atoms with Crippen LogP contribution in [0.3, 0.4) is 0 Å². The lowest BCUT2D eigenvalue weighted by Gasteiger charge is -2.28. The molecule has 0 bridgehead atoms. The Morgan fingerprint density at radius 3 is 2.30 bits per heavy atom. The van der Waals surface area contributed by atoms with E-state index >= 15 is 0 Å². The number of hydrogen-bond acceptors (Lipinski definition) is 2. The molecule has 0 aliphatic heterocycles. The Morgan fingerprint density at radius 1 is 0.957 bits per heavy atom. The van der Waals surface area contributed by atoms with E-state index in [1.54, 1.807) is 0 Å². The molecular formula is C20H25N3. The van der Waals surface area contributed by atoms with Gasteiger partial charge in [-0.1, -0.05) is 62.4 Å². The standard InChI is InChI=1S/C20H25N3/c1-4-22(5-2)16(3)21-23-15-19(17-11-7-6-8-12-17)18-13-9-10-14-20(18)23/h6-16,21H,4-5H2,1-3H3. The normalized spacial score (nSPS) is 12.7. The molecule has 0 amide bonds. The number of fused-ring (bicyclic) bond motifs is 1. The van der Waals surface area contributed by atoms with Gasteiger partial charge in [0.05, 0.1) is 11.7 Å². The predicted octanol–water partition coefficient (Wildman–Crippen LogP) is 4.54. The van der Waals surface area contributed by atoms with Crippen LogP contribution in [0.4, 0.5) is 0 Å². The summed E-state index contributed by atoms with van der Waals surface area (Å²) >= 11 is 0. The maximum absolute atomic E-state index is 3.62. The number of hydrogen-bond donors (Lipinski definition) is 1. The first kappa shape index (κ1) is 15.6. The number of nitrogens with zero attached hydrogens (tertiary/aromatic N) is 2. The first-order valence-corrected chi connectivity index (χ1v) is 8.40. The maximum Gasteiger partial charge on any atom is 0.0913 e. The maximum atomic E-state index is 3.62. The van der Waals surface area contributed by atoms with Crippen LogP contribution in [-0.4, -0.2) is 28.8 Å². The number of benzene rings is 2. The van der Waals surface area contributed by atoms with Gasteiger partial charge in [-0.15, -0.1) is 0 Å². The second kappa shape index (κ2) is 6.88. The van der Waals surface area contributed by atoms with E-state index < -0.39 is 0 Å². The van der Waals surface area contributed by atoms with Crippen molar-refractivity contribution in [3.05, 3.63) is 60.8 Å². The predicted molar refractivity (Wildman–Crippen MR) is 99.1 cm³/mol. The number of nitrogens with one attached hydrogen (secondary N) is 1. The van der Waals surface area contributed by atoms with Gasteiger partial charge in [0.15, 0.2) is 0 Å². The molecule has 3 rings (SSSR count). The lowest BCUT2D eigenvalue weighted by molar-refractivity contribution is 0.241. The fourth-order valence-corrected chi connectivity index (χ4v) is 3.19. The zero-order valence-electron chi connectivity index (χ0n) is 14.2. The van der Waals surface area contributed by atoms with E-state index in [-0.39, 0.29) is 6.17 Å². The third-order valence-corrected chi connectivity index (χ3v) is 4.48. The quantitative estimate of drug-likeness (QED) is 0.675. The summed E-state index contributed by atoms with van der Waals surface area (Å²) in [6, 6.07) is 19.1. The summed E-state index contributed by atoms with van der Waals surface area (Å²) in [7, 11) is 0. The van der Waals surface area contributed by atoms with Crippen molar-refractivity contribution in [3.8, 4) is 11.1 Å². The molecule has 3 heteroatoms. The van der Waals surface area contributed by atoms with E-state index in [0.29, 0.717) is 0 Å². The zero-order valence-corrected chi connectivity index (χ0v) is 14.2. The summed E-state index contributed by atoms with van der Waals surface area (Å²) < 4.78 is 2.17. The summed E-state index contributed by atoms with van der Waals surface area (Å²) in [5, 5.41) is 1.28. The van der Waals surface area contributed by atoms with Crippen molar-refractivity contribution in [2.75, 3.05) is 18.5 Å². The Bertz CT molecular complexity index is 757. The molecule has 1 unspecified atom stereocenters. The van der Waals surface area contributed by atoms with Gasteiger partial charge < -0.3 is 5.43 Å². The topological polar surface area (TPSA) is 20.2 Å². The molecule has 0 aliphatic carbocycles. The highest BCUT2D eigenvalue weighted by Gasteiger charge is 2.13. The van der Waals surface area contributed by atoms with Crippen molar-refractivity contribution in [1.29, 1.82) is 0 Å². The second-order valence-electron chi connectivity index (χ2n) is 5.82. The van der Waals surface area contributed by atoms with Crippen molar-refractivity contribution in [3.63, 3.8) is 0 Å². The molecule has 0 fully saturated rings. The van der Waals surface area contributed by atoms with Crippen LogP contribution in [0.15, 0.2) is 60.8 Å². The Kier molecular flexibility index (Phi) is 4.68. The fraction of sp³-hybridized carbons (Fsp3) is 0.300. The van der Waals surface area contributed by atoms with E-state index in [2.05, 4.69) is 96.6 Å². The molecule has 1 heterocycles. The largest absolute Gasteiger partial charge is 0.309 e. The Hall–Kier alpha value is -2.26. The summed E-state index contributed by atoms with van der Waals surface area (Å²) in [4.78, 5) is 2.40. The first-order valence-electron chi connectivity index (χ1n) is 8.40. The van der Waals surface area contributed by atoms with Gasteiger partial charge in [0.2, 0.25) is 0 Å². The monoisotopic (exact) mass is 307 g/mol. The molecule has 3 nitrogen and oxygen atoms in total. The van der Waals surface area contributed by atoms with Crippen molar-refractivity contribution >= 4 is 10.9 Å². The van der Waals surface area contributed by atoms with Crippen LogP contribution in [0.2, 0.25) is 0 Å². The average molecular weight is 307 g/mol. The molecule has 120 valence electrons. The molecule has 23 heavy (non-hydrogen) atoms. The van der Waals surface area contributed by atoms with Crippen LogP contribution in [-0.2, 0) is 0 Å². The minimum atomic E-state index is 0.282. The molecule has 1 N–H and O–H groups in total. The van der Waals surface area contributed by atoms with Crippen molar-refractivity contribution in [2.45, 2.75) is 26.9 Å². The van der Waals surface area contributed by atoms with Crippen molar-refractivity contribution in [2.24, 2.45) is 0 Å². The van der Waals surface area contributed by atoms with Gasteiger partial charge in [-0.25, -0.2) is 0 Å². The third kappa shape index (κ3) is 3.10. The van der Waals surface area contributed by atoms with E-state index in [1.807, 2.05) is 0 Å². The van der Waals surface area contributed by atoms with Gasteiger partial charge in [-0.3, -0.25) is 9.58 Å². The summed E-state index contributed by atoms with van der Waals surface area (Å²) in [5.74, 6) is 0. The fourth-order valence-electron chi connectivity index (χ4n) is 3.19. The second-order valence-corrected chi connectivity index (χ2v) is 5.82. The van der Waals surface area contributed by atoms with E-state index in [0.717, 1.165) is 13.1 Å². The van der Waals surface area contributed by atoms with Crippen LogP contribution in [0.1, 0.15) is 20.8 Å². The summed E-state index contributed by atoms with van der Waals surface area (Å²) in [6.07, 6.45) is 2.49. The summed E-state index contributed by atoms with van der Waals surface area (Å²) in [6.45, 7) is 8.68. The van der Waals surface area contributed by atoms with Crippen LogP contribution in [0, 0.1) is 0 Å². The van der Waals surface area contributed by atoms with Crippen LogP contribution >= 0.6 is 0 Å². The molecule has 0 saturated carbocycles. The highest BCUT2D eigenvalue weighted by atomic mass is 15.5. The van der Waals surface area contributed by atoms with E-state index in [4.69, 9.17) is 0 Å². The molecule has 2 aromatic carbocycles. The zero-order chi connectivity index (χ0) is 16.2. The number of para-hydroxylation sites is 1. The molecule has 1 atom stereocenters. The molecule has 0 saturated heterocycles. The molecule has 0 spiro atoms. The molecular weight excluding hydrogens is 282 g/mol. The van der Waals surface area contributed by atoms with E-state index in [1.165, 1.54) is 22.0 Å². The minimum Gasteiger partial charge on any atom is -0.309 e. The average Bonchev–Trinajstić information content (AvgIpc) is 2.96. The SMILES string of the molecule is CCN(CC)C(C)Nn1cc(-c2ccccc2)c2ccccc21. The van der Waals surface area contributed by atoms with E-state index in [9.17, 15) is 0 Å². The number of aromatic nitrogens is 1. The van der Waals surface area contributed by atoms with Gasteiger partial charge in [0.1, 0.15) is 0 Å². The minimum absolute atomic E-state index is 0.282. The first-order chi connectivity index (χ1) is 11.2. The van der Waals surface area contributed by atoms with Crippen LogP contribution in [0.25, 0.3) is 22.0 Å². The Morgan fingerprint density at radius 2 is 1.61 bits per heavy atom. The smallest absolute Gasteiger partial charge is 0.0913 e. The van der Waals surface area contributed by atoms with Gasteiger partial charge in [0, 0.05) is 17.1 Å². The van der Waals surface area contributed by atoms with Crippen LogP contribution in [0.5, 0.6) is 0 Å². The highest BCUT2D eigenvalue weighted by molar-refractivity contribution is 5.96. The van der Waals surface area contributed by atoms with Crippen LogP contribution < -0.4 is 5.43 Å². The lowest BCUT2D eigenvalue weighted by Crippen LogP contribution is -2.41. The van der Waals surface area contributed by atoms with Gasteiger partial charge >= 0.3 is 0 Å². The Labute approximate surface area is 138 Å².